The fraction of sp³-hybridized carbons (Fsp3) is 0.768. The summed E-state index contributed by atoms with van der Waals surface area (Å²) in [4.78, 5) is 25.5. The number of hydrogen-bond acceptors (Lipinski definition) is 6. The molecule has 0 aromatic rings. The van der Waals surface area contributed by atoms with Crippen LogP contribution < -0.4 is 10.2 Å². The Bertz CT molecular complexity index is 1290. The van der Waals surface area contributed by atoms with Crippen molar-refractivity contribution in [3.63, 3.8) is 0 Å². The molecule has 0 aromatic heterocycles. The van der Waals surface area contributed by atoms with Crippen LogP contribution in [0, 0.1) is 0 Å². The molecule has 0 rings (SSSR count). The van der Waals surface area contributed by atoms with Crippen LogP contribution in [0.3, 0.4) is 0 Å². The third-order valence-electron chi connectivity index (χ3n) is 11.7. The van der Waals surface area contributed by atoms with Crippen LogP contribution in [0.15, 0.2) is 72.9 Å². The van der Waals surface area contributed by atoms with E-state index in [1.54, 1.807) is 6.08 Å². The molecule has 9 heteroatoms. The molecule has 0 fully saturated rings. The van der Waals surface area contributed by atoms with Gasteiger partial charge in [-0.2, -0.15) is 0 Å². The highest BCUT2D eigenvalue weighted by atomic mass is 31.2. The van der Waals surface area contributed by atoms with Gasteiger partial charge in [0, 0.05) is 6.42 Å². The van der Waals surface area contributed by atoms with Crippen LogP contribution in [0.5, 0.6) is 0 Å². The lowest BCUT2D eigenvalue weighted by molar-refractivity contribution is -0.870. The maximum atomic E-state index is 12.9. The van der Waals surface area contributed by atoms with Gasteiger partial charge in [-0.3, -0.25) is 9.36 Å². The molecule has 0 aliphatic heterocycles. The summed E-state index contributed by atoms with van der Waals surface area (Å²) < 4.78 is 23.3. The van der Waals surface area contributed by atoms with Gasteiger partial charge in [0.05, 0.1) is 39.9 Å². The third kappa shape index (κ3) is 49.7. The number of carbonyl (C=O) groups is 1. The molecule has 0 saturated heterocycles. The summed E-state index contributed by atoms with van der Waals surface area (Å²) in [7, 11) is 1.25. The number of aliphatic hydroxyl groups is 1. The van der Waals surface area contributed by atoms with Gasteiger partial charge in [0.25, 0.3) is 7.82 Å². The van der Waals surface area contributed by atoms with Gasteiger partial charge in [-0.05, 0) is 64.2 Å². The van der Waals surface area contributed by atoms with Crippen LogP contribution >= 0.6 is 7.82 Å². The van der Waals surface area contributed by atoms with E-state index >= 15 is 0 Å². The molecule has 0 aromatic carbocycles. The van der Waals surface area contributed by atoms with Crippen LogP contribution in [0.2, 0.25) is 0 Å². The van der Waals surface area contributed by atoms with Gasteiger partial charge in [0.1, 0.15) is 13.2 Å². The Hall–Kier alpha value is -2.06. The molecule has 0 aliphatic carbocycles. The van der Waals surface area contributed by atoms with Gasteiger partial charge in [0.15, 0.2) is 0 Å². The second-order valence-corrected chi connectivity index (χ2v) is 20.6. The molecule has 0 aliphatic rings. The Morgan fingerprint density at radius 1 is 0.554 bits per heavy atom. The molecule has 0 radical (unpaired) electrons. The monoisotopic (exact) mass is 931 g/mol. The van der Waals surface area contributed by atoms with E-state index in [1.165, 1.54) is 122 Å². The van der Waals surface area contributed by atoms with E-state index in [4.69, 9.17) is 9.05 Å². The average molecular weight is 931 g/mol. The number of hydrogen-bond donors (Lipinski definition) is 2. The molecule has 65 heavy (non-hydrogen) atoms. The fourth-order valence-electron chi connectivity index (χ4n) is 7.47. The molecular formula is C56H103N2O6P. The molecule has 2 N–H and O–H groups in total. The highest BCUT2D eigenvalue weighted by Crippen LogP contribution is 2.38. The zero-order valence-electron chi connectivity index (χ0n) is 42.9. The molecule has 3 unspecified atom stereocenters. The quantitative estimate of drug-likeness (QED) is 0.0272. The number of phosphoric ester groups is 1. The molecule has 0 bridgehead atoms. The van der Waals surface area contributed by atoms with Crippen molar-refractivity contribution in [2.45, 2.75) is 238 Å². The van der Waals surface area contributed by atoms with E-state index in [1.807, 2.05) is 27.2 Å². The number of allylic oxidation sites excluding steroid dienone is 11. The van der Waals surface area contributed by atoms with Crippen molar-refractivity contribution in [2.24, 2.45) is 0 Å². The number of nitrogens with one attached hydrogen (secondary N) is 1. The number of carbonyl (C=O) groups excluding carboxylic acids is 1. The molecule has 378 valence electrons. The third-order valence-corrected chi connectivity index (χ3v) is 12.6. The van der Waals surface area contributed by atoms with Gasteiger partial charge in [-0.15, -0.1) is 0 Å². The first-order chi connectivity index (χ1) is 31.5. The molecule has 0 spiro atoms. The number of phosphoric acid groups is 1. The van der Waals surface area contributed by atoms with Crippen molar-refractivity contribution in [3.8, 4) is 0 Å². The Kier molecular flexibility index (Phi) is 45.5. The fourth-order valence-corrected chi connectivity index (χ4v) is 8.20. The zero-order valence-corrected chi connectivity index (χ0v) is 43.8. The molecule has 1 amide bonds. The lowest BCUT2D eigenvalue weighted by atomic mass is 10.0. The van der Waals surface area contributed by atoms with Crippen molar-refractivity contribution >= 4 is 13.7 Å². The number of likely N-dealkylation sites (N-methyl/N-ethyl adjacent to an activating group) is 1. The summed E-state index contributed by atoms with van der Waals surface area (Å²) >= 11 is 0. The van der Waals surface area contributed by atoms with Gasteiger partial charge < -0.3 is 28.8 Å². The highest BCUT2D eigenvalue weighted by molar-refractivity contribution is 7.45. The summed E-state index contributed by atoms with van der Waals surface area (Å²) in [5, 5.41) is 13.9. The number of quaternary nitrogens is 1. The Morgan fingerprint density at radius 3 is 1.37 bits per heavy atom. The van der Waals surface area contributed by atoms with Crippen molar-refractivity contribution in [3.05, 3.63) is 72.9 Å². The van der Waals surface area contributed by atoms with E-state index in [9.17, 15) is 19.4 Å². The van der Waals surface area contributed by atoms with Crippen LogP contribution in [0.4, 0.5) is 0 Å². The van der Waals surface area contributed by atoms with E-state index in [0.717, 1.165) is 83.5 Å². The minimum atomic E-state index is -4.60. The highest BCUT2D eigenvalue weighted by Gasteiger charge is 2.23. The Labute approximate surface area is 402 Å². The van der Waals surface area contributed by atoms with E-state index < -0.39 is 20.0 Å². The summed E-state index contributed by atoms with van der Waals surface area (Å²) in [6, 6.07) is -0.897. The summed E-state index contributed by atoms with van der Waals surface area (Å²) in [5.74, 6) is -0.210. The van der Waals surface area contributed by atoms with E-state index in [2.05, 4.69) is 79.9 Å². The van der Waals surface area contributed by atoms with Crippen LogP contribution in [0.1, 0.15) is 226 Å². The summed E-state index contributed by atoms with van der Waals surface area (Å²) in [5.41, 5.74) is 0. The number of aliphatic hydroxyl groups excluding tert-OH is 1. The summed E-state index contributed by atoms with van der Waals surface area (Å²) in [6.45, 7) is 4.53. The van der Waals surface area contributed by atoms with Crippen molar-refractivity contribution in [1.82, 2.24) is 5.32 Å². The molecule has 0 saturated carbocycles. The smallest absolute Gasteiger partial charge is 0.268 e. The van der Waals surface area contributed by atoms with E-state index in [-0.39, 0.29) is 19.1 Å². The first-order valence-electron chi connectivity index (χ1n) is 26.8. The lowest BCUT2D eigenvalue weighted by Gasteiger charge is -2.29. The second kappa shape index (κ2) is 47.0. The topological polar surface area (TPSA) is 108 Å². The number of rotatable bonds is 48. The molecule has 0 heterocycles. The van der Waals surface area contributed by atoms with Gasteiger partial charge in [-0.25, -0.2) is 0 Å². The normalized spacial score (nSPS) is 14.6. The van der Waals surface area contributed by atoms with Gasteiger partial charge in [0.2, 0.25) is 5.91 Å². The number of unbranched alkanes of at least 4 members (excludes halogenated alkanes) is 25. The van der Waals surface area contributed by atoms with Crippen molar-refractivity contribution < 1.29 is 32.9 Å². The van der Waals surface area contributed by atoms with Crippen molar-refractivity contribution in [2.75, 3.05) is 40.9 Å². The summed E-state index contributed by atoms with van der Waals surface area (Å²) in [6.07, 6.45) is 63.8. The van der Waals surface area contributed by atoms with Gasteiger partial charge >= 0.3 is 0 Å². The minimum Gasteiger partial charge on any atom is -0.756 e. The van der Waals surface area contributed by atoms with E-state index in [0.29, 0.717) is 17.4 Å². The molecular weight excluding hydrogens is 828 g/mol. The molecule has 3 atom stereocenters. The first-order valence-corrected chi connectivity index (χ1v) is 28.3. The lowest BCUT2D eigenvalue weighted by Crippen LogP contribution is -2.45. The predicted molar refractivity (Wildman–Crippen MR) is 279 cm³/mol. The van der Waals surface area contributed by atoms with Crippen LogP contribution in [-0.2, 0) is 18.4 Å². The first kappa shape index (κ1) is 62.9. The number of nitrogens with zero attached hydrogens (tertiary/aromatic N) is 1. The SMILES string of the molecule is CC/C=C\C/C=C\C/C=C\C/C=C\C/C=C\CCCCCCCCCC(=O)NC(COP(=O)([O-])OCC[N+](C)(C)C)C(O)/C=C/CCCCCCCCCCCCCCCCCCCC. The predicted octanol–water partition coefficient (Wildman–Crippen LogP) is 15.3. The Balaban J connectivity index is 4.32. The van der Waals surface area contributed by atoms with Crippen LogP contribution in [-0.4, -0.2) is 68.5 Å². The number of amides is 1. The van der Waals surface area contributed by atoms with Gasteiger partial charge in [-0.1, -0.05) is 228 Å². The minimum absolute atomic E-state index is 0.00649. The maximum absolute atomic E-state index is 12.9. The Morgan fingerprint density at radius 2 is 0.938 bits per heavy atom. The zero-order chi connectivity index (χ0) is 47.8. The largest absolute Gasteiger partial charge is 0.756 e. The second-order valence-electron chi connectivity index (χ2n) is 19.2. The van der Waals surface area contributed by atoms with Crippen molar-refractivity contribution in [1.29, 1.82) is 0 Å². The maximum Gasteiger partial charge on any atom is 0.268 e. The standard InChI is InChI=1S/C56H103N2O6P/c1-6-8-10-12-14-16-18-20-22-24-26-28-29-30-32-34-36-38-40-42-44-46-48-50-56(60)57-54(53-64-65(61,62)63-52-51-58(3,4)5)55(59)49-47-45-43-41-39-37-35-33-31-27-25-23-21-19-17-15-13-11-9-7-2/h8,10,14,16,20,22,26,28,30,32,47,49,54-55,59H,6-7,9,11-13,15,17-19,21,23-25,27,29,31,33-46,48,50-53H2,1-5H3,(H-,57,60,61,62)/b10-8-,16-14-,22-20-,28-26-,32-30-,49-47+. The molecule has 8 nitrogen and oxygen atoms in total. The average Bonchev–Trinajstić information content (AvgIpc) is 3.26. The van der Waals surface area contributed by atoms with Crippen LogP contribution in [0.25, 0.3) is 0 Å².